The molecule has 0 spiro atoms. The Morgan fingerprint density at radius 3 is 2.40 bits per heavy atom. The summed E-state index contributed by atoms with van der Waals surface area (Å²) < 4.78 is 25.0. The summed E-state index contributed by atoms with van der Waals surface area (Å²) in [4.78, 5) is 0. The largest absolute Gasteiger partial charge is 0.389 e. The number of aliphatic hydroxyl groups is 1. The molecule has 0 heterocycles. The molecule has 4 nitrogen and oxygen atoms in total. The van der Waals surface area contributed by atoms with Crippen LogP contribution in [0.2, 0.25) is 0 Å². The highest BCUT2D eigenvalue weighted by atomic mass is 35.5. The van der Waals surface area contributed by atoms with E-state index in [1.54, 1.807) is 0 Å². The second kappa shape index (κ2) is 5.48. The molecule has 0 saturated heterocycles. The summed E-state index contributed by atoms with van der Waals surface area (Å²) in [6, 6.07) is 0. The lowest BCUT2D eigenvalue weighted by Gasteiger charge is -2.31. The van der Waals surface area contributed by atoms with Gasteiger partial charge in [-0.3, -0.25) is 0 Å². The molecule has 0 amide bonds. The van der Waals surface area contributed by atoms with E-state index in [4.69, 9.17) is 11.6 Å². The predicted molar refractivity (Wildman–Crippen MR) is 60.5 cm³/mol. The molecule has 1 rings (SSSR count). The van der Waals surface area contributed by atoms with Gasteiger partial charge in [-0.25, -0.2) is 13.1 Å². The van der Waals surface area contributed by atoms with Gasteiger partial charge in [0.15, 0.2) is 0 Å². The Morgan fingerprint density at radius 1 is 1.27 bits per heavy atom. The van der Waals surface area contributed by atoms with E-state index < -0.39 is 15.6 Å². The summed E-state index contributed by atoms with van der Waals surface area (Å²) in [6.07, 6.45) is 4.41. The molecular weight excluding hydrogens is 238 g/mol. The molecule has 0 aliphatic heterocycles. The topological polar surface area (TPSA) is 66.4 Å². The first-order valence-corrected chi connectivity index (χ1v) is 7.42. The van der Waals surface area contributed by atoms with Gasteiger partial charge >= 0.3 is 0 Å². The molecule has 1 aliphatic carbocycles. The van der Waals surface area contributed by atoms with Gasteiger partial charge < -0.3 is 5.11 Å². The van der Waals surface area contributed by atoms with Crippen molar-refractivity contribution >= 4 is 21.6 Å². The molecule has 0 aromatic carbocycles. The molecule has 15 heavy (non-hydrogen) atoms. The molecule has 0 unspecified atom stereocenters. The molecule has 6 heteroatoms. The van der Waals surface area contributed by atoms with Crippen LogP contribution in [0.25, 0.3) is 0 Å². The molecule has 0 aromatic heterocycles. The lowest BCUT2D eigenvalue weighted by atomic mass is 9.85. The Bertz CT molecular complexity index is 286. The first-order valence-electron chi connectivity index (χ1n) is 5.23. The summed E-state index contributed by atoms with van der Waals surface area (Å²) in [7, 11) is -3.31. The van der Waals surface area contributed by atoms with Crippen molar-refractivity contribution in [3.63, 3.8) is 0 Å². The molecular formula is C9H18ClNO3S. The minimum absolute atomic E-state index is 0.0771. The lowest BCUT2D eigenvalue weighted by molar-refractivity contribution is 0.00946. The third-order valence-electron chi connectivity index (χ3n) is 2.75. The Hall–Kier alpha value is 0.160. The Balaban J connectivity index is 2.41. The zero-order chi connectivity index (χ0) is 11.4. The van der Waals surface area contributed by atoms with E-state index in [2.05, 4.69) is 4.72 Å². The van der Waals surface area contributed by atoms with Crippen LogP contribution in [0.15, 0.2) is 0 Å². The molecule has 0 atom stereocenters. The number of hydrogen-bond acceptors (Lipinski definition) is 3. The molecule has 2 N–H and O–H groups in total. The Morgan fingerprint density at radius 2 is 1.87 bits per heavy atom. The molecule has 1 saturated carbocycles. The molecule has 1 fully saturated rings. The molecule has 1 aliphatic rings. The molecule has 90 valence electrons. The molecule has 0 bridgehead atoms. The average molecular weight is 256 g/mol. The summed E-state index contributed by atoms with van der Waals surface area (Å²) in [5.74, 6) is -0.0155. The summed E-state index contributed by atoms with van der Waals surface area (Å²) in [6.45, 7) is 0.117. The van der Waals surface area contributed by atoms with Gasteiger partial charge in [0.1, 0.15) is 0 Å². The highest BCUT2D eigenvalue weighted by Gasteiger charge is 2.30. The van der Waals surface area contributed by atoms with Crippen LogP contribution in [0.1, 0.15) is 32.1 Å². The second-order valence-corrected chi connectivity index (χ2v) is 6.42. The number of nitrogens with one attached hydrogen (secondary N) is 1. The fourth-order valence-electron chi connectivity index (χ4n) is 1.80. The van der Waals surface area contributed by atoms with Crippen molar-refractivity contribution in [3.8, 4) is 0 Å². The predicted octanol–water partition coefficient (Wildman–Crippen LogP) is 0.840. The van der Waals surface area contributed by atoms with E-state index in [1.165, 1.54) is 0 Å². The number of rotatable bonds is 5. The standard InChI is InChI=1S/C9H18ClNO3S/c10-6-7-15(13,14)11-8-9(12)4-2-1-3-5-9/h11-12H,1-8H2. The van der Waals surface area contributed by atoms with Gasteiger partial charge in [-0.2, -0.15) is 0 Å². The van der Waals surface area contributed by atoms with Gasteiger partial charge in [0.05, 0.1) is 11.4 Å². The molecule has 0 radical (unpaired) electrons. The average Bonchev–Trinajstić information content (AvgIpc) is 2.17. The van der Waals surface area contributed by atoms with Crippen molar-refractivity contribution in [2.45, 2.75) is 37.7 Å². The van der Waals surface area contributed by atoms with Crippen LogP contribution in [-0.2, 0) is 10.0 Å². The summed E-state index contributed by atoms with van der Waals surface area (Å²) in [5.41, 5.74) is -0.850. The van der Waals surface area contributed by atoms with Crippen molar-refractivity contribution in [1.29, 1.82) is 0 Å². The number of halogens is 1. The Labute approximate surface area is 96.1 Å². The zero-order valence-corrected chi connectivity index (χ0v) is 10.3. The summed E-state index contributed by atoms with van der Waals surface area (Å²) in [5, 5.41) is 10.0. The van der Waals surface area contributed by atoms with Crippen LogP contribution < -0.4 is 4.72 Å². The van der Waals surface area contributed by atoms with E-state index in [0.29, 0.717) is 12.8 Å². The quantitative estimate of drug-likeness (QED) is 0.716. The van der Waals surface area contributed by atoms with Crippen LogP contribution in [0, 0.1) is 0 Å². The van der Waals surface area contributed by atoms with Crippen LogP contribution in [0.3, 0.4) is 0 Å². The smallest absolute Gasteiger partial charge is 0.212 e. The molecule has 0 aromatic rings. The summed E-state index contributed by atoms with van der Waals surface area (Å²) >= 11 is 5.36. The van der Waals surface area contributed by atoms with Crippen molar-refractivity contribution in [1.82, 2.24) is 4.72 Å². The van der Waals surface area contributed by atoms with Gasteiger partial charge in [0.2, 0.25) is 10.0 Å². The van der Waals surface area contributed by atoms with Gasteiger partial charge in [0, 0.05) is 12.4 Å². The maximum atomic E-state index is 11.3. The van der Waals surface area contributed by atoms with Crippen molar-refractivity contribution in [2.24, 2.45) is 0 Å². The first kappa shape index (κ1) is 13.2. The minimum Gasteiger partial charge on any atom is -0.389 e. The van der Waals surface area contributed by atoms with E-state index in [1.807, 2.05) is 0 Å². The SMILES string of the molecule is O=S(=O)(CCCl)NCC1(O)CCCCC1. The van der Waals surface area contributed by atoms with Crippen LogP contribution in [0.4, 0.5) is 0 Å². The Kier molecular flexibility index (Phi) is 4.83. The van der Waals surface area contributed by atoms with Crippen LogP contribution in [-0.4, -0.2) is 37.3 Å². The van der Waals surface area contributed by atoms with E-state index >= 15 is 0 Å². The highest BCUT2D eigenvalue weighted by molar-refractivity contribution is 7.89. The van der Waals surface area contributed by atoms with Crippen molar-refractivity contribution in [3.05, 3.63) is 0 Å². The normalized spacial score (nSPS) is 21.5. The first-order chi connectivity index (χ1) is 6.97. The number of sulfonamides is 1. The van der Waals surface area contributed by atoms with Gasteiger partial charge in [-0.05, 0) is 12.8 Å². The zero-order valence-electron chi connectivity index (χ0n) is 8.71. The fraction of sp³-hybridized carbons (Fsp3) is 1.00. The van der Waals surface area contributed by atoms with Crippen molar-refractivity contribution < 1.29 is 13.5 Å². The maximum absolute atomic E-state index is 11.3. The lowest BCUT2D eigenvalue weighted by Crippen LogP contribution is -2.44. The van der Waals surface area contributed by atoms with Gasteiger partial charge in [-0.15, -0.1) is 11.6 Å². The third-order valence-corrected chi connectivity index (χ3v) is 4.49. The maximum Gasteiger partial charge on any atom is 0.212 e. The number of alkyl halides is 1. The van der Waals surface area contributed by atoms with E-state index in [9.17, 15) is 13.5 Å². The van der Waals surface area contributed by atoms with Gasteiger partial charge in [-0.1, -0.05) is 19.3 Å². The fourth-order valence-corrected chi connectivity index (χ4v) is 3.25. The number of hydrogen-bond donors (Lipinski definition) is 2. The van der Waals surface area contributed by atoms with Gasteiger partial charge in [0.25, 0.3) is 0 Å². The second-order valence-electron chi connectivity index (χ2n) is 4.11. The minimum atomic E-state index is -3.31. The van der Waals surface area contributed by atoms with E-state index in [0.717, 1.165) is 19.3 Å². The van der Waals surface area contributed by atoms with Crippen LogP contribution >= 0.6 is 11.6 Å². The third kappa shape index (κ3) is 4.68. The van der Waals surface area contributed by atoms with Crippen molar-refractivity contribution in [2.75, 3.05) is 18.2 Å². The van der Waals surface area contributed by atoms with E-state index in [-0.39, 0.29) is 18.2 Å². The van der Waals surface area contributed by atoms with Crippen LogP contribution in [0.5, 0.6) is 0 Å². The monoisotopic (exact) mass is 255 g/mol. The highest BCUT2D eigenvalue weighted by Crippen LogP contribution is 2.27.